The fourth-order valence-electron chi connectivity index (χ4n) is 1.71. The minimum Gasteiger partial charge on any atom is -0.310 e. The smallest absolute Gasteiger partial charge is 0.0637 e. The van der Waals surface area contributed by atoms with Crippen LogP contribution in [0, 0.1) is 5.92 Å². The Kier molecular flexibility index (Phi) is 5.06. The fourth-order valence-corrected chi connectivity index (χ4v) is 1.96. The Morgan fingerprint density at radius 3 is 2.73 bits per heavy atom. The van der Waals surface area contributed by atoms with Crippen LogP contribution in [-0.4, -0.2) is 11.5 Å². The first kappa shape index (κ1) is 12.5. The lowest BCUT2D eigenvalue weighted by Gasteiger charge is -2.21. The molecule has 2 nitrogen and oxygen atoms in total. The van der Waals surface area contributed by atoms with Crippen LogP contribution >= 0.6 is 11.6 Å². The van der Waals surface area contributed by atoms with E-state index in [1.165, 1.54) is 0 Å². The number of nitrogens with one attached hydrogen (secondary N) is 1. The second-order valence-electron chi connectivity index (χ2n) is 4.14. The van der Waals surface area contributed by atoms with Crippen LogP contribution in [0.1, 0.15) is 38.8 Å². The van der Waals surface area contributed by atoms with Crippen molar-refractivity contribution in [3.63, 3.8) is 0 Å². The minimum atomic E-state index is 0.338. The highest BCUT2D eigenvalue weighted by molar-refractivity contribution is 6.31. The lowest BCUT2D eigenvalue weighted by atomic mass is 9.98. The molecule has 1 unspecified atom stereocenters. The molecule has 1 aromatic heterocycles. The van der Waals surface area contributed by atoms with Crippen LogP contribution in [0.4, 0.5) is 0 Å². The van der Waals surface area contributed by atoms with Gasteiger partial charge in [0, 0.05) is 18.4 Å². The second kappa shape index (κ2) is 6.09. The first-order valence-electron chi connectivity index (χ1n) is 5.48. The van der Waals surface area contributed by atoms with Gasteiger partial charge in [-0.3, -0.25) is 4.98 Å². The Hall–Kier alpha value is -0.600. The van der Waals surface area contributed by atoms with Gasteiger partial charge in [0.15, 0.2) is 0 Å². The maximum absolute atomic E-state index is 6.14. The van der Waals surface area contributed by atoms with Crippen LogP contribution in [0.5, 0.6) is 0 Å². The van der Waals surface area contributed by atoms with E-state index in [0.717, 1.165) is 23.6 Å². The topological polar surface area (TPSA) is 24.9 Å². The van der Waals surface area contributed by atoms with Gasteiger partial charge < -0.3 is 5.32 Å². The SMILES string of the molecule is CCNC(CC(C)C)c1ccncc1Cl. The lowest BCUT2D eigenvalue weighted by molar-refractivity contribution is 0.438. The first-order chi connectivity index (χ1) is 7.15. The minimum absolute atomic E-state index is 0.338. The standard InChI is InChI=1S/C12H19ClN2/c1-4-15-12(7-9(2)3)10-5-6-14-8-11(10)13/h5-6,8-9,12,15H,4,7H2,1-3H3. The summed E-state index contributed by atoms with van der Waals surface area (Å²) >= 11 is 6.14. The van der Waals surface area contributed by atoms with Crippen molar-refractivity contribution in [3.8, 4) is 0 Å². The molecule has 1 rings (SSSR count). The molecule has 15 heavy (non-hydrogen) atoms. The van der Waals surface area contributed by atoms with E-state index in [4.69, 9.17) is 11.6 Å². The molecule has 1 aromatic rings. The predicted molar refractivity (Wildman–Crippen MR) is 65.1 cm³/mol. The van der Waals surface area contributed by atoms with Gasteiger partial charge in [-0.05, 0) is 30.5 Å². The normalized spacial score (nSPS) is 13.1. The molecule has 0 spiro atoms. The van der Waals surface area contributed by atoms with Crippen molar-refractivity contribution in [2.45, 2.75) is 33.2 Å². The summed E-state index contributed by atoms with van der Waals surface area (Å²) in [6.07, 6.45) is 4.60. The number of nitrogens with zero attached hydrogens (tertiary/aromatic N) is 1. The molecule has 0 aliphatic carbocycles. The van der Waals surface area contributed by atoms with Gasteiger partial charge in [0.2, 0.25) is 0 Å². The van der Waals surface area contributed by atoms with E-state index >= 15 is 0 Å². The lowest BCUT2D eigenvalue weighted by Crippen LogP contribution is -2.22. The quantitative estimate of drug-likeness (QED) is 0.832. The van der Waals surface area contributed by atoms with Crippen molar-refractivity contribution in [1.29, 1.82) is 0 Å². The average molecular weight is 227 g/mol. The van der Waals surface area contributed by atoms with Gasteiger partial charge >= 0.3 is 0 Å². The highest BCUT2D eigenvalue weighted by Crippen LogP contribution is 2.26. The molecule has 0 aliphatic rings. The van der Waals surface area contributed by atoms with Crippen LogP contribution in [-0.2, 0) is 0 Å². The van der Waals surface area contributed by atoms with E-state index in [0.29, 0.717) is 12.0 Å². The van der Waals surface area contributed by atoms with Crippen molar-refractivity contribution >= 4 is 11.6 Å². The molecule has 0 bridgehead atoms. The molecule has 0 saturated carbocycles. The van der Waals surface area contributed by atoms with E-state index in [-0.39, 0.29) is 0 Å². The molecule has 1 atom stereocenters. The number of hydrogen-bond acceptors (Lipinski definition) is 2. The van der Waals surface area contributed by atoms with E-state index in [1.807, 2.05) is 6.07 Å². The van der Waals surface area contributed by atoms with Crippen LogP contribution in [0.25, 0.3) is 0 Å². The summed E-state index contributed by atoms with van der Waals surface area (Å²) < 4.78 is 0. The number of pyridine rings is 1. The molecule has 0 aliphatic heterocycles. The summed E-state index contributed by atoms with van der Waals surface area (Å²) in [6, 6.07) is 2.34. The highest BCUT2D eigenvalue weighted by Gasteiger charge is 2.14. The Balaban J connectivity index is 2.83. The Morgan fingerprint density at radius 1 is 1.47 bits per heavy atom. The van der Waals surface area contributed by atoms with Crippen molar-refractivity contribution in [3.05, 3.63) is 29.0 Å². The van der Waals surface area contributed by atoms with Crippen LogP contribution in [0.2, 0.25) is 5.02 Å². The molecular weight excluding hydrogens is 208 g/mol. The molecule has 1 heterocycles. The van der Waals surface area contributed by atoms with E-state index < -0.39 is 0 Å². The van der Waals surface area contributed by atoms with E-state index in [1.54, 1.807) is 12.4 Å². The Bertz CT molecular complexity index is 299. The molecule has 0 fully saturated rings. The monoisotopic (exact) mass is 226 g/mol. The third-order valence-electron chi connectivity index (χ3n) is 2.34. The summed E-state index contributed by atoms with van der Waals surface area (Å²) in [6.45, 7) is 7.51. The summed E-state index contributed by atoms with van der Waals surface area (Å²) in [5, 5.41) is 4.21. The Morgan fingerprint density at radius 2 is 2.20 bits per heavy atom. The molecular formula is C12H19ClN2. The summed E-state index contributed by atoms with van der Waals surface area (Å²) in [5.74, 6) is 0.651. The molecule has 3 heteroatoms. The predicted octanol–water partition coefficient (Wildman–Crippen LogP) is 3.43. The van der Waals surface area contributed by atoms with Gasteiger partial charge in [-0.15, -0.1) is 0 Å². The zero-order chi connectivity index (χ0) is 11.3. The third-order valence-corrected chi connectivity index (χ3v) is 2.65. The number of halogens is 1. The number of aromatic nitrogens is 1. The van der Waals surface area contributed by atoms with Crippen molar-refractivity contribution in [2.24, 2.45) is 5.92 Å². The van der Waals surface area contributed by atoms with Crippen LogP contribution < -0.4 is 5.32 Å². The first-order valence-corrected chi connectivity index (χ1v) is 5.85. The zero-order valence-electron chi connectivity index (χ0n) is 9.63. The van der Waals surface area contributed by atoms with Gasteiger partial charge in [0.25, 0.3) is 0 Å². The zero-order valence-corrected chi connectivity index (χ0v) is 10.4. The third kappa shape index (κ3) is 3.80. The molecule has 84 valence electrons. The molecule has 0 aromatic carbocycles. The average Bonchev–Trinajstić information content (AvgIpc) is 2.17. The van der Waals surface area contributed by atoms with Gasteiger partial charge in [-0.1, -0.05) is 32.4 Å². The molecule has 0 saturated heterocycles. The summed E-state index contributed by atoms with van der Waals surface area (Å²) in [7, 11) is 0. The van der Waals surface area contributed by atoms with Crippen molar-refractivity contribution in [1.82, 2.24) is 10.3 Å². The number of hydrogen-bond donors (Lipinski definition) is 1. The fraction of sp³-hybridized carbons (Fsp3) is 0.583. The van der Waals surface area contributed by atoms with Crippen LogP contribution in [0.3, 0.4) is 0 Å². The maximum atomic E-state index is 6.14. The van der Waals surface area contributed by atoms with Gasteiger partial charge in [-0.25, -0.2) is 0 Å². The summed E-state index contributed by atoms with van der Waals surface area (Å²) in [4.78, 5) is 4.01. The van der Waals surface area contributed by atoms with Gasteiger partial charge in [0.1, 0.15) is 0 Å². The van der Waals surface area contributed by atoms with Crippen LogP contribution in [0.15, 0.2) is 18.5 Å². The van der Waals surface area contributed by atoms with E-state index in [9.17, 15) is 0 Å². The molecule has 0 amide bonds. The summed E-state index contributed by atoms with van der Waals surface area (Å²) in [5.41, 5.74) is 1.15. The molecule has 1 N–H and O–H groups in total. The Labute approximate surface area is 97.1 Å². The number of rotatable bonds is 5. The van der Waals surface area contributed by atoms with Gasteiger partial charge in [-0.2, -0.15) is 0 Å². The maximum Gasteiger partial charge on any atom is 0.0637 e. The largest absolute Gasteiger partial charge is 0.310 e. The van der Waals surface area contributed by atoms with E-state index in [2.05, 4.69) is 31.1 Å². The van der Waals surface area contributed by atoms with Crippen molar-refractivity contribution < 1.29 is 0 Å². The molecule has 0 radical (unpaired) electrons. The highest BCUT2D eigenvalue weighted by atomic mass is 35.5. The van der Waals surface area contributed by atoms with Crippen molar-refractivity contribution in [2.75, 3.05) is 6.54 Å². The second-order valence-corrected chi connectivity index (χ2v) is 4.54. The van der Waals surface area contributed by atoms with Gasteiger partial charge in [0.05, 0.1) is 5.02 Å².